The Bertz CT molecular complexity index is 398. The maximum absolute atomic E-state index is 9.57. The fourth-order valence-electron chi connectivity index (χ4n) is 1.77. The molecule has 0 amide bonds. The van der Waals surface area contributed by atoms with Gasteiger partial charge in [-0.3, -0.25) is 0 Å². The standard InChI is InChI=1S/C10H14N4OS/c11-9(16)8-3-4-12-10(13-8)14-5-1-2-7(15)6-14/h3-4,7,15H,1-2,5-6H2,(H2,11,16). The first kappa shape index (κ1) is 11.2. The quantitative estimate of drug-likeness (QED) is 0.710. The summed E-state index contributed by atoms with van der Waals surface area (Å²) < 4.78 is 0. The minimum atomic E-state index is -0.300. The molecule has 1 aliphatic rings. The molecule has 1 fully saturated rings. The number of nitrogens with zero attached hydrogens (tertiary/aromatic N) is 3. The Morgan fingerprint density at radius 1 is 1.62 bits per heavy atom. The number of thiocarbonyl (C=S) groups is 1. The average molecular weight is 238 g/mol. The lowest BCUT2D eigenvalue weighted by Crippen LogP contribution is -2.39. The molecule has 1 unspecified atom stereocenters. The first-order valence-corrected chi connectivity index (χ1v) is 5.63. The van der Waals surface area contributed by atoms with Crippen molar-refractivity contribution >= 4 is 23.2 Å². The highest BCUT2D eigenvalue weighted by Crippen LogP contribution is 2.15. The van der Waals surface area contributed by atoms with Crippen molar-refractivity contribution in [2.24, 2.45) is 5.73 Å². The van der Waals surface area contributed by atoms with E-state index in [4.69, 9.17) is 18.0 Å². The fraction of sp³-hybridized carbons (Fsp3) is 0.500. The predicted molar refractivity (Wildman–Crippen MR) is 65.4 cm³/mol. The second kappa shape index (κ2) is 4.71. The summed E-state index contributed by atoms with van der Waals surface area (Å²) in [5.74, 6) is 0.587. The van der Waals surface area contributed by atoms with E-state index in [1.165, 1.54) is 0 Å². The van der Waals surface area contributed by atoms with Crippen molar-refractivity contribution in [3.8, 4) is 0 Å². The van der Waals surface area contributed by atoms with Crippen LogP contribution in [0.15, 0.2) is 12.3 Å². The van der Waals surface area contributed by atoms with E-state index in [2.05, 4.69) is 9.97 Å². The molecule has 1 aromatic rings. The van der Waals surface area contributed by atoms with Crippen LogP contribution in [0.25, 0.3) is 0 Å². The molecule has 1 aliphatic heterocycles. The number of aliphatic hydroxyl groups is 1. The van der Waals surface area contributed by atoms with Gasteiger partial charge < -0.3 is 15.7 Å². The van der Waals surface area contributed by atoms with Crippen LogP contribution in [0.2, 0.25) is 0 Å². The van der Waals surface area contributed by atoms with Crippen LogP contribution in [0.5, 0.6) is 0 Å². The minimum Gasteiger partial charge on any atom is -0.391 e. The predicted octanol–water partition coefficient (Wildman–Crippen LogP) is 0.0719. The minimum absolute atomic E-state index is 0.265. The number of β-amino-alcohol motifs (C(OH)–C–C–N with tert-alkyl or cyclic N) is 1. The summed E-state index contributed by atoms with van der Waals surface area (Å²) in [5, 5.41) is 9.57. The molecule has 6 heteroatoms. The van der Waals surface area contributed by atoms with Crippen molar-refractivity contribution in [2.75, 3.05) is 18.0 Å². The Morgan fingerprint density at radius 3 is 3.12 bits per heavy atom. The van der Waals surface area contributed by atoms with Gasteiger partial charge in [0.05, 0.1) is 6.10 Å². The van der Waals surface area contributed by atoms with Gasteiger partial charge in [-0.1, -0.05) is 12.2 Å². The molecular formula is C10H14N4OS. The molecule has 1 saturated heterocycles. The van der Waals surface area contributed by atoms with Crippen LogP contribution >= 0.6 is 12.2 Å². The van der Waals surface area contributed by atoms with E-state index in [0.717, 1.165) is 19.4 Å². The number of nitrogens with two attached hydrogens (primary N) is 1. The van der Waals surface area contributed by atoms with Crippen LogP contribution in [0.3, 0.4) is 0 Å². The lowest BCUT2D eigenvalue weighted by Gasteiger charge is -2.30. The fourth-order valence-corrected chi connectivity index (χ4v) is 1.89. The van der Waals surface area contributed by atoms with Gasteiger partial charge in [0.25, 0.3) is 0 Å². The van der Waals surface area contributed by atoms with Gasteiger partial charge in [-0.05, 0) is 18.9 Å². The molecule has 86 valence electrons. The van der Waals surface area contributed by atoms with Crippen molar-refractivity contribution in [1.29, 1.82) is 0 Å². The summed E-state index contributed by atoms with van der Waals surface area (Å²) in [6.45, 7) is 1.43. The van der Waals surface area contributed by atoms with E-state index in [-0.39, 0.29) is 11.1 Å². The number of piperidine rings is 1. The van der Waals surface area contributed by atoms with Gasteiger partial charge in [0.2, 0.25) is 5.95 Å². The van der Waals surface area contributed by atoms with Crippen molar-refractivity contribution in [2.45, 2.75) is 18.9 Å². The summed E-state index contributed by atoms with van der Waals surface area (Å²) in [4.78, 5) is 10.7. The molecule has 16 heavy (non-hydrogen) atoms. The first-order chi connectivity index (χ1) is 7.66. The zero-order valence-electron chi connectivity index (χ0n) is 8.83. The molecule has 0 spiro atoms. The van der Waals surface area contributed by atoms with Gasteiger partial charge >= 0.3 is 0 Å². The van der Waals surface area contributed by atoms with Crippen molar-refractivity contribution < 1.29 is 5.11 Å². The maximum atomic E-state index is 9.57. The summed E-state index contributed by atoms with van der Waals surface area (Å²) in [6, 6.07) is 1.69. The molecule has 5 nitrogen and oxygen atoms in total. The highest BCUT2D eigenvalue weighted by molar-refractivity contribution is 7.80. The molecule has 0 bridgehead atoms. The summed E-state index contributed by atoms with van der Waals surface area (Å²) in [7, 11) is 0. The molecule has 3 N–H and O–H groups in total. The van der Waals surface area contributed by atoms with Crippen molar-refractivity contribution in [3.63, 3.8) is 0 Å². The smallest absolute Gasteiger partial charge is 0.226 e. The largest absolute Gasteiger partial charge is 0.391 e. The van der Waals surface area contributed by atoms with Crippen molar-refractivity contribution in [1.82, 2.24) is 9.97 Å². The number of hydrogen-bond donors (Lipinski definition) is 2. The Kier molecular flexibility index (Phi) is 3.31. The molecule has 0 aromatic carbocycles. The van der Waals surface area contributed by atoms with Gasteiger partial charge in [-0.2, -0.15) is 0 Å². The SMILES string of the molecule is NC(=S)c1ccnc(N2CCCC(O)C2)n1. The molecule has 0 aliphatic carbocycles. The lowest BCUT2D eigenvalue weighted by molar-refractivity contribution is 0.153. The number of aromatic nitrogens is 2. The second-order valence-electron chi connectivity index (χ2n) is 3.85. The Morgan fingerprint density at radius 2 is 2.44 bits per heavy atom. The highest BCUT2D eigenvalue weighted by atomic mass is 32.1. The molecular weight excluding hydrogens is 224 g/mol. The topological polar surface area (TPSA) is 75.3 Å². The summed E-state index contributed by atoms with van der Waals surface area (Å²) in [5.41, 5.74) is 6.08. The third-order valence-electron chi connectivity index (χ3n) is 2.57. The Labute approximate surface area is 99.3 Å². The monoisotopic (exact) mass is 238 g/mol. The van der Waals surface area contributed by atoms with Gasteiger partial charge in [-0.25, -0.2) is 9.97 Å². The van der Waals surface area contributed by atoms with Crippen LogP contribution in [0.4, 0.5) is 5.95 Å². The summed E-state index contributed by atoms with van der Waals surface area (Å²) in [6.07, 6.45) is 3.12. The zero-order valence-corrected chi connectivity index (χ0v) is 9.65. The molecule has 2 rings (SSSR count). The number of rotatable bonds is 2. The normalized spacial score (nSPS) is 20.8. The average Bonchev–Trinajstić information content (AvgIpc) is 2.29. The van der Waals surface area contributed by atoms with E-state index in [9.17, 15) is 5.11 Å². The Hall–Kier alpha value is -1.27. The van der Waals surface area contributed by atoms with Crippen LogP contribution < -0.4 is 10.6 Å². The molecule has 0 saturated carbocycles. The third-order valence-corrected chi connectivity index (χ3v) is 2.78. The van der Waals surface area contributed by atoms with E-state index in [1.54, 1.807) is 12.3 Å². The summed E-state index contributed by atoms with van der Waals surface area (Å²) >= 11 is 4.87. The van der Waals surface area contributed by atoms with Crippen molar-refractivity contribution in [3.05, 3.63) is 18.0 Å². The lowest BCUT2D eigenvalue weighted by atomic mass is 10.1. The number of hydrogen-bond acceptors (Lipinski definition) is 5. The molecule has 0 radical (unpaired) electrons. The second-order valence-corrected chi connectivity index (χ2v) is 4.29. The van der Waals surface area contributed by atoms with E-state index in [0.29, 0.717) is 18.2 Å². The molecule has 2 heterocycles. The number of anilines is 1. The molecule has 1 aromatic heterocycles. The third kappa shape index (κ3) is 2.45. The maximum Gasteiger partial charge on any atom is 0.226 e. The van der Waals surface area contributed by atoms with Crippen LogP contribution in [-0.4, -0.2) is 39.3 Å². The van der Waals surface area contributed by atoms with Gasteiger partial charge in [0.15, 0.2) is 0 Å². The van der Waals surface area contributed by atoms with E-state index in [1.807, 2.05) is 4.90 Å². The van der Waals surface area contributed by atoms with Crippen LogP contribution in [-0.2, 0) is 0 Å². The van der Waals surface area contributed by atoms with Gasteiger partial charge in [0, 0.05) is 19.3 Å². The molecule has 1 atom stereocenters. The van der Waals surface area contributed by atoms with Crippen LogP contribution in [0.1, 0.15) is 18.5 Å². The van der Waals surface area contributed by atoms with Crippen LogP contribution in [0, 0.1) is 0 Å². The number of aliphatic hydroxyl groups excluding tert-OH is 1. The zero-order chi connectivity index (χ0) is 11.5. The van der Waals surface area contributed by atoms with Gasteiger partial charge in [-0.15, -0.1) is 0 Å². The Balaban J connectivity index is 2.19. The highest BCUT2D eigenvalue weighted by Gasteiger charge is 2.19. The first-order valence-electron chi connectivity index (χ1n) is 5.22. The van der Waals surface area contributed by atoms with E-state index >= 15 is 0 Å². The van der Waals surface area contributed by atoms with Gasteiger partial charge in [0.1, 0.15) is 10.7 Å². The van der Waals surface area contributed by atoms with E-state index < -0.39 is 0 Å².